The summed E-state index contributed by atoms with van der Waals surface area (Å²) in [5.74, 6) is 0.382. The zero-order chi connectivity index (χ0) is 8.91. The standard InChI is InChI=1S/C6H15BOSi.U/c1-4-6(2)5-8-9(3)7;/h4,6-7,9H,5H2,1-3H3;/q-1;/i7T,9D;. The first-order chi connectivity index (χ1) is 5.02. The molecule has 4 heteroatoms. The summed E-state index contributed by atoms with van der Waals surface area (Å²) >= 11 is 0. The van der Waals surface area contributed by atoms with Crippen molar-refractivity contribution in [1.82, 2.24) is 0 Å². The quantitative estimate of drug-likeness (QED) is 0.500. The molecular weight excluding hydrogens is 365 g/mol. The van der Waals surface area contributed by atoms with Gasteiger partial charge in [-0.15, -0.1) is 5.92 Å². The molecule has 0 aliphatic heterocycles. The second-order valence-corrected chi connectivity index (χ2v) is 3.74. The van der Waals surface area contributed by atoms with Crippen LogP contribution in [0.4, 0.5) is 0 Å². The van der Waals surface area contributed by atoms with Crippen LogP contribution in [-0.2, 0) is 4.43 Å². The van der Waals surface area contributed by atoms with E-state index >= 15 is 0 Å². The van der Waals surface area contributed by atoms with Crippen LogP contribution in [0.25, 0.3) is 0 Å². The molecule has 0 saturated carbocycles. The maximum atomic E-state index is 7.50. The molecule has 0 aromatic rings. The van der Waals surface area contributed by atoms with Crippen molar-refractivity contribution in [1.29, 1.82) is 2.57 Å². The molecule has 0 N–H and O–H groups in total. The summed E-state index contributed by atoms with van der Waals surface area (Å²) in [6, 6.07) is 0. The van der Waals surface area contributed by atoms with Crippen LogP contribution >= 0.6 is 0 Å². The van der Waals surface area contributed by atoms with Crippen LogP contribution in [-0.4, -0.2) is 25.4 Å². The summed E-state index contributed by atoms with van der Waals surface area (Å²) in [7, 11) is -1.35. The fraction of sp³-hybridized carbons (Fsp3) is 0.833. The van der Waals surface area contributed by atoms with Crippen molar-refractivity contribution in [2.24, 2.45) is 5.92 Å². The maximum absolute atomic E-state index is 7.50. The minimum atomic E-state index is -2.48. The van der Waals surface area contributed by atoms with Crippen LogP contribution in [0.1, 0.15) is 13.8 Å². The van der Waals surface area contributed by atoms with Gasteiger partial charge in [-0.1, -0.05) is 13.5 Å². The van der Waals surface area contributed by atoms with Crippen LogP contribution < -0.4 is 0 Å². The smallest absolute Gasteiger partial charge is 0.128 e. The predicted molar refractivity (Wildman–Crippen MR) is 45.3 cm³/mol. The van der Waals surface area contributed by atoms with Crippen LogP contribution in [0.2, 0.25) is 6.55 Å². The van der Waals surface area contributed by atoms with Gasteiger partial charge >= 0.3 is 0 Å². The molecule has 0 aliphatic carbocycles. The van der Waals surface area contributed by atoms with Gasteiger partial charge in [-0.05, 0) is 1.34 Å². The zero-order valence-corrected chi connectivity index (χ0v) is 12.0. The number of hydrogen-bond donors (Lipinski definition) is 0. The third kappa shape index (κ3) is 9.29. The molecule has 10 heavy (non-hydrogen) atoms. The Morgan fingerprint density at radius 2 is 2.70 bits per heavy atom. The van der Waals surface area contributed by atoms with Crippen molar-refractivity contribution in [2.75, 3.05) is 6.61 Å². The van der Waals surface area contributed by atoms with E-state index in [9.17, 15) is 0 Å². The third-order valence-corrected chi connectivity index (χ3v) is 1.76. The van der Waals surface area contributed by atoms with Gasteiger partial charge in [0.15, 0.2) is 0 Å². The number of rotatable bonds is 5. The Morgan fingerprint density at radius 1 is 2.10 bits per heavy atom. The van der Waals surface area contributed by atoms with Crippen molar-refractivity contribution < 1.29 is 35.5 Å². The molecule has 0 rings (SSSR count). The molecule has 0 saturated heterocycles. The number of hydrogen-bond acceptors (Lipinski definition) is 1. The second-order valence-electron chi connectivity index (χ2n) is 2.23. The molecular formula is C6H15BOSiU-. The summed E-state index contributed by atoms with van der Waals surface area (Å²) in [4.78, 5) is 0. The van der Waals surface area contributed by atoms with Gasteiger partial charge in [0.1, 0.15) is 16.2 Å². The third-order valence-electron chi connectivity index (χ3n) is 1.14. The first kappa shape index (κ1) is 9.38. The minimum Gasteiger partial charge on any atom is -0.432 e. The van der Waals surface area contributed by atoms with Gasteiger partial charge in [-0.25, -0.2) is 0 Å². The van der Waals surface area contributed by atoms with E-state index in [0.29, 0.717) is 12.5 Å². The molecule has 57 valence electrons. The normalized spacial score (nSPS) is 21.1. The van der Waals surface area contributed by atoms with E-state index in [1.165, 1.54) is 0 Å². The SMILES string of the molecule is [2H][Si](C)([B][3H])OCC(C)[CH-]C.[U]. The van der Waals surface area contributed by atoms with Crippen molar-refractivity contribution in [3.63, 3.8) is 0 Å². The Kier molecular flexibility index (Phi) is 7.87. The van der Waals surface area contributed by atoms with Crippen molar-refractivity contribution in [3.05, 3.63) is 6.42 Å². The van der Waals surface area contributed by atoms with E-state index in [-0.39, 0.29) is 31.1 Å². The molecule has 0 aromatic heterocycles. The fourth-order valence-corrected chi connectivity index (χ4v) is 0.885. The second kappa shape index (κ2) is 8.39. The molecule has 0 fully saturated rings. The van der Waals surface area contributed by atoms with Gasteiger partial charge in [0.25, 0.3) is 0 Å². The molecule has 0 bridgehead atoms. The molecule has 2 atom stereocenters. The average Bonchev–Trinajstić information content (AvgIpc) is 2.00. The average molecular weight is 383 g/mol. The predicted octanol–water partition coefficient (Wildman–Crippen LogP) is 0.614. The summed E-state index contributed by atoms with van der Waals surface area (Å²) in [5, 5.41) is 0. The monoisotopic (exact) mass is 383 g/mol. The Labute approximate surface area is 93.3 Å². The Balaban J connectivity index is 0. The van der Waals surface area contributed by atoms with E-state index in [2.05, 4.69) is 0 Å². The Hall–Kier alpha value is 1.29. The summed E-state index contributed by atoms with van der Waals surface area (Å²) in [6.07, 6.45) is 2.04. The first-order valence-electron chi connectivity index (χ1n) is 4.26. The van der Waals surface area contributed by atoms with Crippen molar-refractivity contribution >= 4 is 16.2 Å². The molecule has 0 spiro atoms. The van der Waals surface area contributed by atoms with Crippen molar-refractivity contribution in [2.45, 2.75) is 20.4 Å². The topological polar surface area (TPSA) is 9.23 Å². The summed E-state index contributed by atoms with van der Waals surface area (Å²) in [5.41, 5.74) is 0. The van der Waals surface area contributed by atoms with Gasteiger partial charge in [0, 0.05) is 39.0 Å². The Morgan fingerprint density at radius 3 is 3.10 bits per heavy atom. The van der Waals surface area contributed by atoms with Gasteiger partial charge < -0.3 is 10.8 Å². The molecule has 1 radical (unpaired) electrons. The van der Waals surface area contributed by atoms with Gasteiger partial charge in [0.2, 0.25) is 0 Å². The van der Waals surface area contributed by atoms with Crippen LogP contribution in [0, 0.1) is 43.5 Å². The Bertz CT molecular complexity index is 118. The van der Waals surface area contributed by atoms with Gasteiger partial charge in [-0.2, -0.15) is 6.92 Å². The van der Waals surface area contributed by atoms with E-state index in [4.69, 9.17) is 7.00 Å². The van der Waals surface area contributed by atoms with Crippen LogP contribution in [0.5, 0.6) is 0 Å². The van der Waals surface area contributed by atoms with Gasteiger partial charge in [0.05, 0.1) is 0 Å². The minimum absolute atomic E-state index is 0. The van der Waals surface area contributed by atoms with E-state index in [1.54, 1.807) is 6.55 Å². The molecule has 2 unspecified atom stereocenters. The summed E-state index contributed by atoms with van der Waals surface area (Å²) < 4.78 is 19.7. The molecule has 1 nitrogen and oxygen atoms in total. The molecule has 0 heterocycles. The van der Waals surface area contributed by atoms with E-state index in [0.717, 1.165) is 7.40 Å². The fourth-order valence-electron chi connectivity index (χ4n) is 0.359. The van der Waals surface area contributed by atoms with E-state index in [1.807, 2.05) is 20.3 Å². The molecule has 0 amide bonds. The molecule has 0 aliphatic rings. The summed E-state index contributed by atoms with van der Waals surface area (Å²) in [6.45, 7) is 6.27. The largest absolute Gasteiger partial charge is 0.432 e. The zero-order valence-electron chi connectivity index (χ0n) is 8.85. The maximum Gasteiger partial charge on any atom is 0.128 e. The van der Waals surface area contributed by atoms with Gasteiger partial charge in [-0.3, -0.25) is 0 Å². The van der Waals surface area contributed by atoms with Crippen LogP contribution in [0.15, 0.2) is 0 Å². The molecule has 0 aromatic carbocycles. The van der Waals surface area contributed by atoms with Crippen LogP contribution in [0.3, 0.4) is 0 Å². The first-order valence-corrected chi connectivity index (χ1v) is 5.16. The van der Waals surface area contributed by atoms with Crippen molar-refractivity contribution in [3.8, 4) is 0 Å². The van der Waals surface area contributed by atoms with E-state index < -0.39 is 8.84 Å².